The van der Waals surface area contributed by atoms with Crippen LogP contribution in [0, 0.1) is 6.92 Å². The summed E-state index contributed by atoms with van der Waals surface area (Å²) in [6.07, 6.45) is 3.69. The second-order valence-electron chi connectivity index (χ2n) is 4.10. The van der Waals surface area contributed by atoms with E-state index < -0.39 is 0 Å². The fraction of sp³-hybridized carbons (Fsp3) is 0.636. The number of aromatic nitrogens is 2. The monoisotopic (exact) mass is 208 g/mol. The smallest absolute Gasteiger partial charge is 0.223 e. The molecule has 0 aliphatic heterocycles. The van der Waals surface area contributed by atoms with Gasteiger partial charge < -0.3 is 11.1 Å². The molecule has 0 saturated carbocycles. The van der Waals surface area contributed by atoms with E-state index in [0.29, 0.717) is 12.5 Å². The summed E-state index contributed by atoms with van der Waals surface area (Å²) >= 11 is 0. The largest absolute Gasteiger partial charge is 0.349 e. The maximum atomic E-state index is 5.59. The van der Waals surface area contributed by atoms with E-state index >= 15 is 0 Å². The van der Waals surface area contributed by atoms with Crippen LogP contribution in [0.25, 0.3) is 0 Å². The van der Waals surface area contributed by atoms with Gasteiger partial charge in [0.15, 0.2) is 0 Å². The van der Waals surface area contributed by atoms with Crippen molar-refractivity contribution in [1.29, 1.82) is 0 Å². The van der Waals surface area contributed by atoms with Crippen LogP contribution in [0.1, 0.15) is 32.4 Å². The number of aryl methyl sites for hydroxylation is 1. The van der Waals surface area contributed by atoms with Gasteiger partial charge in [0.1, 0.15) is 0 Å². The first-order valence-electron chi connectivity index (χ1n) is 5.37. The molecule has 0 amide bonds. The van der Waals surface area contributed by atoms with E-state index in [-0.39, 0.29) is 5.54 Å². The minimum Gasteiger partial charge on any atom is -0.349 e. The second-order valence-corrected chi connectivity index (χ2v) is 4.10. The van der Waals surface area contributed by atoms with Gasteiger partial charge in [0.25, 0.3) is 0 Å². The van der Waals surface area contributed by atoms with Gasteiger partial charge in [-0.15, -0.1) is 0 Å². The molecule has 0 radical (unpaired) electrons. The van der Waals surface area contributed by atoms with Crippen molar-refractivity contribution in [1.82, 2.24) is 9.97 Å². The first kappa shape index (κ1) is 11.9. The quantitative estimate of drug-likeness (QED) is 0.773. The summed E-state index contributed by atoms with van der Waals surface area (Å²) in [5.41, 5.74) is 6.55. The lowest BCUT2D eigenvalue weighted by Gasteiger charge is -2.29. The molecule has 3 N–H and O–H groups in total. The first-order chi connectivity index (χ1) is 7.09. The predicted octanol–water partition coefficient (Wildman–Crippen LogP) is 1.71. The van der Waals surface area contributed by atoms with Crippen LogP contribution in [0.15, 0.2) is 12.3 Å². The lowest BCUT2D eigenvalue weighted by Crippen LogP contribution is -2.37. The molecule has 1 rings (SSSR count). The first-order valence-corrected chi connectivity index (χ1v) is 5.37. The average Bonchev–Trinajstić information content (AvgIpc) is 2.18. The molecule has 1 heterocycles. The number of nitrogens with zero attached hydrogens (tertiary/aromatic N) is 2. The van der Waals surface area contributed by atoms with Gasteiger partial charge in [0.05, 0.1) is 0 Å². The molecule has 1 atom stereocenters. The number of rotatable bonds is 5. The van der Waals surface area contributed by atoms with Crippen molar-refractivity contribution in [3.63, 3.8) is 0 Å². The van der Waals surface area contributed by atoms with Gasteiger partial charge in [-0.05, 0) is 39.3 Å². The van der Waals surface area contributed by atoms with E-state index in [2.05, 4.69) is 29.1 Å². The van der Waals surface area contributed by atoms with Crippen molar-refractivity contribution in [2.45, 2.75) is 39.2 Å². The van der Waals surface area contributed by atoms with Crippen LogP contribution >= 0.6 is 0 Å². The zero-order valence-corrected chi connectivity index (χ0v) is 9.75. The number of hydrogen-bond donors (Lipinski definition) is 2. The van der Waals surface area contributed by atoms with Crippen LogP contribution in [0.3, 0.4) is 0 Å². The molecule has 0 fully saturated rings. The van der Waals surface area contributed by atoms with E-state index in [1.165, 1.54) is 0 Å². The molecule has 0 aromatic carbocycles. The SMILES string of the molecule is CCC(C)(CCN)Nc1nccc(C)n1. The number of nitrogens with one attached hydrogen (secondary N) is 1. The van der Waals surface area contributed by atoms with Gasteiger partial charge in [-0.3, -0.25) is 0 Å². The Hall–Kier alpha value is -1.16. The molecule has 1 aromatic rings. The van der Waals surface area contributed by atoms with Crippen molar-refractivity contribution in [3.05, 3.63) is 18.0 Å². The topological polar surface area (TPSA) is 63.8 Å². The van der Waals surface area contributed by atoms with Gasteiger partial charge in [0, 0.05) is 17.4 Å². The number of nitrogens with two attached hydrogens (primary N) is 1. The molecule has 0 spiro atoms. The molecule has 0 aliphatic carbocycles. The van der Waals surface area contributed by atoms with Crippen LogP contribution in [0.2, 0.25) is 0 Å². The molecular weight excluding hydrogens is 188 g/mol. The highest BCUT2D eigenvalue weighted by molar-refractivity contribution is 5.29. The Morgan fingerprint density at radius 2 is 2.27 bits per heavy atom. The van der Waals surface area contributed by atoms with E-state index in [1.54, 1.807) is 6.20 Å². The summed E-state index contributed by atoms with van der Waals surface area (Å²) in [7, 11) is 0. The third-order valence-corrected chi connectivity index (χ3v) is 2.68. The highest BCUT2D eigenvalue weighted by atomic mass is 15.1. The van der Waals surface area contributed by atoms with Gasteiger partial charge in [0.2, 0.25) is 5.95 Å². The summed E-state index contributed by atoms with van der Waals surface area (Å²) in [5, 5.41) is 3.34. The lowest BCUT2D eigenvalue weighted by molar-refractivity contribution is 0.460. The fourth-order valence-electron chi connectivity index (χ4n) is 1.43. The summed E-state index contributed by atoms with van der Waals surface area (Å²) in [4.78, 5) is 8.52. The van der Waals surface area contributed by atoms with E-state index in [9.17, 15) is 0 Å². The van der Waals surface area contributed by atoms with Gasteiger partial charge in [-0.1, -0.05) is 6.92 Å². The molecule has 4 nitrogen and oxygen atoms in total. The van der Waals surface area contributed by atoms with Gasteiger partial charge >= 0.3 is 0 Å². The van der Waals surface area contributed by atoms with Crippen LogP contribution in [0.5, 0.6) is 0 Å². The minimum absolute atomic E-state index is 0.0114. The molecule has 1 unspecified atom stereocenters. The highest BCUT2D eigenvalue weighted by Gasteiger charge is 2.21. The summed E-state index contributed by atoms with van der Waals surface area (Å²) in [5.74, 6) is 0.688. The maximum Gasteiger partial charge on any atom is 0.223 e. The Balaban J connectivity index is 2.74. The summed E-state index contributed by atoms with van der Waals surface area (Å²) in [6.45, 7) is 6.91. The Labute approximate surface area is 91.3 Å². The van der Waals surface area contributed by atoms with Crippen molar-refractivity contribution >= 4 is 5.95 Å². The number of anilines is 1. The fourth-order valence-corrected chi connectivity index (χ4v) is 1.43. The molecular formula is C11H20N4. The van der Waals surface area contributed by atoms with Crippen molar-refractivity contribution in [2.24, 2.45) is 5.73 Å². The standard InChI is InChI=1S/C11H20N4/c1-4-11(3,6-7-12)15-10-13-8-5-9(2)14-10/h5,8H,4,6-7,12H2,1-3H3,(H,13,14,15). The normalized spacial score (nSPS) is 14.7. The molecule has 0 bridgehead atoms. The number of hydrogen-bond acceptors (Lipinski definition) is 4. The van der Waals surface area contributed by atoms with Gasteiger partial charge in [-0.2, -0.15) is 0 Å². The Morgan fingerprint density at radius 1 is 1.53 bits per heavy atom. The van der Waals surface area contributed by atoms with Gasteiger partial charge in [-0.25, -0.2) is 9.97 Å². The molecule has 0 aliphatic rings. The average molecular weight is 208 g/mol. The van der Waals surface area contributed by atoms with E-state index in [0.717, 1.165) is 18.5 Å². The maximum absolute atomic E-state index is 5.59. The molecule has 4 heteroatoms. The van der Waals surface area contributed by atoms with Crippen molar-refractivity contribution in [2.75, 3.05) is 11.9 Å². The molecule has 1 aromatic heterocycles. The summed E-state index contributed by atoms with van der Waals surface area (Å²) < 4.78 is 0. The van der Waals surface area contributed by atoms with E-state index in [4.69, 9.17) is 5.73 Å². The molecule has 0 saturated heterocycles. The lowest BCUT2D eigenvalue weighted by atomic mass is 9.95. The predicted molar refractivity (Wildman–Crippen MR) is 62.8 cm³/mol. The minimum atomic E-state index is -0.0114. The third kappa shape index (κ3) is 3.47. The Kier molecular flexibility index (Phi) is 4.03. The Bertz CT molecular complexity index is 313. The van der Waals surface area contributed by atoms with Crippen LogP contribution in [0.4, 0.5) is 5.95 Å². The zero-order valence-electron chi connectivity index (χ0n) is 9.75. The van der Waals surface area contributed by atoms with Crippen LogP contribution in [-0.2, 0) is 0 Å². The van der Waals surface area contributed by atoms with Crippen LogP contribution in [-0.4, -0.2) is 22.1 Å². The second kappa shape index (κ2) is 5.07. The Morgan fingerprint density at radius 3 is 2.80 bits per heavy atom. The zero-order chi connectivity index (χ0) is 11.3. The molecule has 84 valence electrons. The van der Waals surface area contributed by atoms with Crippen molar-refractivity contribution in [3.8, 4) is 0 Å². The third-order valence-electron chi connectivity index (χ3n) is 2.68. The van der Waals surface area contributed by atoms with Crippen LogP contribution < -0.4 is 11.1 Å². The van der Waals surface area contributed by atoms with E-state index in [1.807, 2.05) is 13.0 Å². The summed E-state index contributed by atoms with van der Waals surface area (Å²) in [6, 6.07) is 1.89. The highest BCUT2D eigenvalue weighted by Crippen LogP contribution is 2.18. The van der Waals surface area contributed by atoms with Crippen molar-refractivity contribution < 1.29 is 0 Å². The molecule has 15 heavy (non-hydrogen) atoms.